The lowest BCUT2D eigenvalue weighted by Crippen LogP contribution is -2.35. The van der Waals surface area contributed by atoms with Gasteiger partial charge in [0.05, 0.1) is 5.69 Å². The van der Waals surface area contributed by atoms with Gasteiger partial charge in [-0.1, -0.05) is 23.7 Å². The summed E-state index contributed by atoms with van der Waals surface area (Å²) in [5, 5.41) is 0.734. The largest absolute Gasteiger partial charge is 0.368 e. The van der Waals surface area contributed by atoms with Gasteiger partial charge in [0.25, 0.3) is 0 Å². The quantitative estimate of drug-likeness (QED) is 0.836. The molecule has 1 aliphatic rings. The Labute approximate surface area is 159 Å². The molecule has 3 rings (SSSR count). The number of anilines is 2. The van der Waals surface area contributed by atoms with Gasteiger partial charge in [0.15, 0.2) is 0 Å². The number of aromatic nitrogens is 2. The molecule has 0 bridgehead atoms. The molecule has 5 nitrogen and oxygen atoms in total. The fourth-order valence-corrected chi connectivity index (χ4v) is 2.98. The van der Waals surface area contributed by atoms with Gasteiger partial charge in [-0.15, -0.1) is 24.8 Å². The number of nitrogens with zero attached hydrogens (tertiary/aromatic N) is 3. The Bertz CT molecular complexity index is 677. The van der Waals surface area contributed by atoms with Gasteiger partial charge in [-0.25, -0.2) is 4.98 Å². The fourth-order valence-electron chi connectivity index (χ4n) is 2.77. The molecule has 1 heterocycles. The third kappa shape index (κ3) is 4.86. The first kappa shape index (κ1) is 20.8. The van der Waals surface area contributed by atoms with E-state index in [2.05, 4.69) is 9.97 Å². The van der Waals surface area contributed by atoms with E-state index >= 15 is 0 Å². The van der Waals surface area contributed by atoms with Crippen LogP contribution in [0.5, 0.6) is 0 Å². The lowest BCUT2D eigenvalue weighted by Gasteiger charge is -2.32. The summed E-state index contributed by atoms with van der Waals surface area (Å²) in [7, 11) is 1.99. The average Bonchev–Trinajstić information content (AvgIpc) is 2.43. The molecule has 2 aromatic rings. The molecule has 1 aromatic heterocycles. The Morgan fingerprint density at radius 1 is 1.21 bits per heavy atom. The van der Waals surface area contributed by atoms with Gasteiger partial charge in [0.2, 0.25) is 5.95 Å². The number of benzene rings is 1. The summed E-state index contributed by atoms with van der Waals surface area (Å²) in [6.07, 6.45) is 1.93. The summed E-state index contributed by atoms with van der Waals surface area (Å²) < 4.78 is 0. The normalized spacial score (nSPS) is 18.8. The molecule has 1 fully saturated rings. The van der Waals surface area contributed by atoms with Crippen LogP contribution in [-0.4, -0.2) is 23.1 Å². The second-order valence-corrected chi connectivity index (χ2v) is 6.36. The number of hydrogen-bond donors (Lipinski definition) is 2. The first-order chi connectivity index (χ1) is 10.5. The highest BCUT2D eigenvalue weighted by molar-refractivity contribution is 6.30. The molecule has 0 aliphatic heterocycles. The highest BCUT2D eigenvalue weighted by atomic mass is 35.5. The van der Waals surface area contributed by atoms with E-state index in [1.54, 1.807) is 0 Å². The van der Waals surface area contributed by atoms with Gasteiger partial charge in [0.1, 0.15) is 5.82 Å². The zero-order valence-electron chi connectivity index (χ0n) is 13.4. The van der Waals surface area contributed by atoms with Crippen LogP contribution in [0.15, 0.2) is 30.3 Å². The molecule has 0 amide bonds. The van der Waals surface area contributed by atoms with Crippen LogP contribution >= 0.6 is 36.4 Å². The van der Waals surface area contributed by atoms with E-state index in [9.17, 15) is 0 Å². The fraction of sp³-hybridized carbons (Fsp3) is 0.375. The van der Waals surface area contributed by atoms with Gasteiger partial charge >= 0.3 is 0 Å². The Morgan fingerprint density at radius 3 is 2.54 bits per heavy atom. The minimum atomic E-state index is 0. The smallest absolute Gasteiger partial charge is 0.222 e. The van der Waals surface area contributed by atoms with Crippen LogP contribution in [0.25, 0.3) is 0 Å². The Kier molecular flexibility index (Phi) is 7.55. The van der Waals surface area contributed by atoms with E-state index < -0.39 is 0 Å². The van der Waals surface area contributed by atoms with Crippen molar-refractivity contribution < 1.29 is 0 Å². The molecule has 8 heteroatoms. The summed E-state index contributed by atoms with van der Waals surface area (Å²) >= 11 is 6.03. The molecule has 24 heavy (non-hydrogen) atoms. The molecule has 4 N–H and O–H groups in total. The molecule has 1 aromatic carbocycles. The zero-order valence-corrected chi connectivity index (χ0v) is 15.7. The van der Waals surface area contributed by atoms with Gasteiger partial charge in [0, 0.05) is 36.6 Å². The van der Waals surface area contributed by atoms with Crippen molar-refractivity contribution in [3.05, 3.63) is 46.6 Å². The Hall–Kier alpha value is -1.27. The standard InChI is InChI=1S/C16H20ClN5.2ClH/c1-22(9-10-3-2-4-12(17)5-10)15-8-14(20-16(19)21-15)11-6-13(18)7-11;;/h2-5,8,11,13H,6-7,9,18H2,1H3,(H2,19,20,21);2*1H. The maximum atomic E-state index is 6.03. The summed E-state index contributed by atoms with van der Waals surface area (Å²) in [6, 6.07) is 10.1. The van der Waals surface area contributed by atoms with Crippen molar-refractivity contribution in [2.75, 3.05) is 17.7 Å². The maximum absolute atomic E-state index is 6.03. The summed E-state index contributed by atoms with van der Waals surface area (Å²) in [6.45, 7) is 0.709. The molecule has 0 radical (unpaired) electrons. The zero-order chi connectivity index (χ0) is 15.7. The van der Waals surface area contributed by atoms with Crippen LogP contribution in [-0.2, 0) is 6.54 Å². The second kappa shape index (κ2) is 8.72. The van der Waals surface area contributed by atoms with Crippen LogP contribution in [0.1, 0.15) is 30.0 Å². The van der Waals surface area contributed by atoms with Crippen molar-refractivity contribution in [2.24, 2.45) is 5.73 Å². The molecule has 0 unspecified atom stereocenters. The Morgan fingerprint density at radius 2 is 1.92 bits per heavy atom. The predicted molar refractivity (Wildman–Crippen MR) is 104 cm³/mol. The second-order valence-electron chi connectivity index (χ2n) is 5.92. The van der Waals surface area contributed by atoms with Crippen LogP contribution < -0.4 is 16.4 Å². The summed E-state index contributed by atoms with van der Waals surface area (Å²) in [5.74, 6) is 1.53. The minimum Gasteiger partial charge on any atom is -0.368 e. The van der Waals surface area contributed by atoms with Crippen molar-refractivity contribution in [1.82, 2.24) is 9.97 Å². The van der Waals surface area contributed by atoms with Gasteiger partial charge < -0.3 is 16.4 Å². The number of nitrogens with two attached hydrogens (primary N) is 2. The molecule has 0 spiro atoms. The topological polar surface area (TPSA) is 81.1 Å². The molecular weight excluding hydrogens is 369 g/mol. The number of nitrogen functional groups attached to an aromatic ring is 1. The van der Waals surface area contributed by atoms with Gasteiger partial charge in [-0.2, -0.15) is 4.98 Å². The van der Waals surface area contributed by atoms with E-state index in [1.807, 2.05) is 42.3 Å². The van der Waals surface area contributed by atoms with Crippen molar-refractivity contribution in [2.45, 2.75) is 31.3 Å². The van der Waals surface area contributed by atoms with Crippen molar-refractivity contribution in [3.8, 4) is 0 Å². The molecule has 0 atom stereocenters. The SMILES string of the molecule is CN(Cc1cccc(Cl)c1)c1cc(C2CC(N)C2)nc(N)n1.Cl.Cl. The highest BCUT2D eigenvalue weighted by Gasteiger charge is 2.29. The van der Waals surface area contributed by atoms with Crippen LogP contribution in [0, 0.1) is 0 Å². The van der Waals surface area contributed by atoms with E-state index in [0.717, 1.165) is 34.9 Å². The molecule has 0 saturated heterocycles. The first-order valence-electron chi connectivity index (χ1n) is 7.37. The molecule has 132 valence electrons. The van der Waals surface area contributed by atoms with E-state index in [0.29, 0.717) is 18.4 Å². The molecular formula is C16H22Cl3N5. The highest BCUT2D eigenvalue weighted by Crippen LogP contribution is 2.35. The Balaban J connectivity index is 0.00000144. The van der Waals surface area contributed by atoms with Gasteiger partial charge in [-0.3, -0.25) is 0 Å². The van der Waals surface area contributed by atoms with E-state index in [1.165, 1.54) is 0 Å². The predicted octanol–water partition coefficient (Wildman–Crippen LogP) is 3.40. The van der Waals surface area contributed by atoms with Crippen molar-refractivity contribution in [1.29, 1.82) is 0 Å². The van der Waals surface area contributed by atoms with Gasteiger partial charge in [-0.05, 0) is 30.5 Å². The van der Waals surface area contributed by atoms with Crippen LogP contribution in [0.4, 0.5) is 11.8 Å². The van der Waals surface area contributed by atoms with E-state index in [-0.39, 0.29) is 30.9 Å². The number of halogens is 3. The van der Waals surface area contributed by atoms with Crippen molar-refractivity contribution >= 4 is 48.2 Å². The first-order valence-corrected chi connectivity index (χ1v) is 7.74. The van der Waals surface area contributed by atoms with Crippen LogP contribution in [0.3, 0.4) is 0 Å². The lowest BCUT2D eigenvalue weighted by molar-refractivity contribution is 0.345. The summed E-state index contributed by atoms with van der Waals surface area (Å²) in [5.41, 5.74) is 13.8. The minimum absolute atomic E-state index is 0. The number of rotatable bonds is 4. The lowest BCUT2D eigenvalue weighted by atomic mass is 9.78. The van der Waals surface area contributed by atoms with Crippen molar-refractivity contribution in [3.63, 3.8) is 0 Å². The monoisotopic (exact) mass is 389 g/mol. The molecule has 1 saturated carbocycles. The van der Waals surface area contributed by atoms with E-state index in [4.69, 9.17) is 23.1 Å². The summed E-state index contributed by atoms with van der Waals surface area (Å²) in [4.78, 5) is 10.7. The number of hydrogen-bond acceptors (Lipinski definition) is 5. The third-order valence-electron chi connectivity index (χ3n) is 4.04. The third-order valence-corrected chi connectivity index (χ3v) is 4.28. The van der Waals surface area contributed by atoms with Crippen LogP contribution in [0.2, 0.25) is 5.02 Å². The molecule has 1 aliphatic carbocycles. The average molecular weight is 391 g/mol. The maximum Gasteiger partial charge on any atom is 0.222 e.